The first-order valence-electron chi connectivity index (χ1n) is 6.57. The van der Waals surface area contributed by atoms with Crippen LogP contribution in [0.2, 0.25) is 0 Å². The summed E-state index contributed by atoms with van der Waals surface area (Å²) in [5, 5.41) is 10.6. The summed E-state index contributed by atoms with van der Waals surface area (Å²) in [6, 6.07) is -0.285. The third kappa shape index (κ3) is 5.11. The maximum absolute atomic E-state index is 12.0. The Balaban J connectivity index is 2.59. The van der Waals surface area contributed by atoms with Crippen molar-refractivity contribution in [2.45, 2.75) is 45.1 Å². The van der Waals surface area contributed by atoms with Crippen molar-refractivity contribution in [2.75, 3.05) is 6.54 Å². The smallest absolute Gasteiger partial charge is 0.328 e. The van der Waals surface area contributed by atoms with Crippen LogP contribution in [0, 0.1) is 0 Å². The van der Waals surface area contributed by atoms with E-state index in [0.29, 0.717) is 12.6 Å². The van der Waals surface area contributed by atoms with Crippen molar-refractivity contribution in [2.24, 2.45) is 0 Å². The lowest BCUT2D eigenvalue weighted by molar-refractivity contribution is -0.131. The van der Waals surface area contributed by atoms with Gasteiger partial charge in [0.25, 0.3) is 5.91 Å². The molecule has 19 heavy (non-hydrogen) atoms. The van der Waals surface area contributed by atoms with Crippen LogP contribution >= 0.6 is 0 Å². The van der Waals surface area contributed by atoms with Crippen LogP contribution in [-0.4, -0.2) is 40.5 Å². The molecule has 0 aliphatic carbocycles. The summed E-state index contributed by atoms with van der Waals surface area (Å²) in [4.78, 5) is 35.3. The second-order valence-electron chi connectivity index (χ2n) is 4.57. The number of carbonyl (C=O) groups excluding carboxylic acids is 2. The first kappa shape index (κ1) is 15.2. The summed E-state index contributed by atoms with van der Waals surface area (Å²) in [5.41, 5.74) is 0. The standard InChI is InChI=1S/C13H20N2O4/c1-2-10-6-4-3-5-9-15(10)13(19)14-11(16)7-8-12(17)18/h7-8,10H,2-6,9H2,1H3,(H,17,18)(H,14,16,19)/b8-7+. The van der Waals surface area contributed by atoms with E-state index >= 15 is 0 Å². The first-order chi connectivity index (χ1) is 9.04. The number of nitrogens with one attached hydrogen (secondary N) is 1. The molecule has 2 N–H and O–H groups in total. The van der Waals surface area contributed by atoms with Crippen molar-refractivity contribution in [3.8, 4) is 0 Å². The predicted octanol–water partition coefficient (Wildman–Crippen LogP) is 1.52. The molecule has 1 aliphatic rings. The third-order valence-electron chi connectivity index (χ3n) is 3.22. The predicted molar refractivity (Wildman–Crippen MR) is 69.6 cm³/mol. The SMILES string of the molecule is CCC1CCCCCN1C(=O)NC(=O)/C=C/C(=O)O. The highest BCUT2D eigenvalue weighted by atomic mass is 16.4. The molecule has 1 heterocycles. The zero-order valence-electron chi connectivity index (χ0n) is 11.1. The number of carbonyl (C=O) groups is 3. The van der Waals surface area contributed by atoms with E-state index in [-0.39, 0.29) is 6.04 Å². The number of hydrogen-bond donors (Lipinski definition) is 2. The normalized spacial score (nSPS) is 20.1. The van der Waals surface area contributed by atoms with E-state index in [4.69, 9.17) is 5.11 Å². The summed E-state index contributed by atoms with van der Waals surface area (Å²) in [6.07, 6.45) is 6.47. The molecule has 1 rings (SSSR count). The van der Waals surface area contributed by atoms with Crippen molar-refractivity contribution >= 4 is 17.9 Å². The van der Waals surface area contributed by atoms with Crippen molar-refractivity contribution < 1.29 is 19.5 Å². The minimum absolute atomic E-state index is 0.152. The summed E-state index contributed by atoms with van der Waals surface area (Å²) in [6.45, 7) is 2.66. The Hall–Kier alpha value is -1.85. The highest BCUT2D eigenvalue weighted by Gasteiger charge is 2.24. The summed E-state index contributed by atoms with van der Waals surface area (Å²) >= 11 is 0. The van der Waals surface area contributed by atoms with Gasteiger partial charge in [0.1, 0.15) is 0 Å². The fourth-order valence-electron chi connectivity index (χ4n) is 2.24. The molecular weight excluding hydrogens is 248 g/mol. The van der Waals surface area contributed by atoms with Crippen LogP contribution in [0.3, 0.4) is 0 Å². The number of urea groups is 1. The molecule has 0 bridgehead atoms. The van der Waals surface area contributed by atoms with E-state index in [0.717, 1.165) is 38.2 Å². The Morgan fingerprint density at radius 3 is 2.63 bits per heavy atom. The van der Waals surface area contributed by atoms with E-state index in [1.807, 2.05) is 6.92 Å². The second kappa shape index (κ2) is 7.56. The van der Waals surface area contributed by atoms with Gasteiger partial charge in [0.2, 0.25) is 0 Å². The van der Waals surface area contributed by atoms with Gasteiger partial charge in [0, 0.05) is 24.7 Å². The number of carboxylic acid groups (broad SMARTS) is 1. The number of amides is 3. The molecule has 0 radical (unpaired) electrons. The van der Waals surface area contributed by atoms with Gasteiger partial charge in [0.15, 0.2) is 0 Å². The molecule has 0 aromatic heterocycles. The van der Waals surface area contributed by atoms with Gasteiger partial charge in [0.05, 0.1) is 0 Å². The molecular formula is C13H20N2O4. The fourth-order valence-corrected chi connectivity index (χ4v) is 2.24. The Morgan fingerprint density at radius 1 is 1.26 bits per heavy atom. The van der Waals surface area contributed by atoms with Gasteiger partial charge in [-0.1, -0.05) is 19.8 Å². The number of likely N-dealkylation sites (tertiary alicyclic amines) is 1. The maximum atomic E-state index is 12.0. The maximum Gasteiger partial charge on any atom is 0.328 e. The molecule has 1 fully saturated rings. The van der Waals surface area contributed by atoms with E-state index < -0.39 is 17.9 Å². The van der Waals surface area contributed by atoms with Crippen LogP contribution in [0.5, 0.6) is 0 Å². The molecule has 1 unspecified atom stereocenters. The van der Waals surface area contributed by atoms with E-state index in [1.54, 1.807) is 4.90 Å². The van der Waals surface area contributed by atoms with Crippen molar-refractivity contribution in [1.29, 1.82) is 0 Å². The first-order valence-corrected chi connectivity index (χ1v) is 6.57. The molecule has 0 aromatic rings. The van der Waals surface area contributed by atoms with Crippen LogP contribution in [0.15, 0.2) is 12.2 Å². The Kier molecular flexibility index (Phi) is 6.05. The lowest BCUT2D eigenvalue weighted by Crippen LogP contribution is -2.47. The van der Waals surface area contributed by atoms with Crippen LogP contribution < -0.4 is 5.32 Å². The van der Waals surface area contributed by atoms with Crippen LogP contribution in [0.25, 0.3) is 0 Å². The molecule has 6 heteroatoms. The van der Waals surface area contributed by atoms with Crippen LogP contribution in [-0.2, 0) is 9.59 Å². The number of nitrogens with zero attached hydrogens (tertiary/aromatic N) is 1. The molecule has 1 aliphatic heterocycles. The number of imide groups is 1. The topological polar surface area (TPSA) is 86.7 Å². The van der Waals surface area contributed by atoms with Gasteiger partial charge in [-0.05, 0) is 19.3 Å². The third-order valence-corrected chi connectivity index (χ3v) is 3.22. The Labute approximate surface area is 112 Å². The van der Waals surface area contributed by atoms with Gasteiger partial charge in [-0.15, -0.1) is 0 Å². The number of hydrogen-bond acceptors (Lipinski definition) is 3. The van der Waals surface area contributed by atoms with Gasteiger partial charge < -0.3 is 10.0 Å². The van der Waals surface area contributed by atoms with E-state index in [1.165, 1.54) is 0 Å². The summed E-state index contributed by atoms with van der Waals surface area (Å²) in [5.74, 6) is -1.92. The molecule has 0 saturated carbocycles. The molecule has 1 atom stereocenters. The van der Waals surface area contributed by atoms with Crippen LogP contribution in [0.1, 0.15) is 39.0 Å². The molecule has 6 nitrogen and oxygen atoms in total. The highest BCUT2D eigenvalue weighted by Crippen LogP contribution is 2.18. The van der Waals surface area contributed by atoms with Crippen molar-refractivity contribution in [1.82, 2.24) is 10.2 Å². The number of aliphatic carboxylic acids is 1. The highest BCUT2D eigenvalue weighted by molar-refractivity contribution is 6.02. The van der Waals surface area contributed by atoms with Gasteiger partial charge in [-0.25, -0.2) is 9.59 Å². The molecule has 0 spiro atoms. The number of carboxylic acids is 1. The zero-order valence-corrected chi connectivity index (χ0v) is 11.1. The van der Waals surface area contributed by atoms with Gasteiger partial charge in [-0.2, -0.15) is 0 Å². The van der Waals surface area contributed by atoms with Gasteiger partial charge in [-0.3, -0.25) is 10.1 Å². The van der Waals surface area contributed by atoms with Crippen molar-refractivity contribution in [3.63, 3.8) is 0 Å². The minimum Gasteiger partial charge on any atom is -0.478 e. The lowest BCUT2D eigenvalue weighted by atomic mass is 10.1. The fraction of sp³-hybridized carbons (Fsp3) is 0.615. The monoisotopic (exact) mass is 268 g/mol. The van der Waals surface area contributed by atoms with Gasteiger partial charge >= 0.3 is 12.0 Å². The summed E-state index contributed by atoms with van der Waals surface area (Å²) < 4.78 is 0. The van der Waals surface area contributed by atoms with E-state index in [9.17, 15) is 14.4 Å². The summed E-state index contributed by atoms with van der Waals surface area (Å²) in [7, 11) is 0. The lowest BCUT2D eigenvalue weighted by Gasteiger charge is -2.28. The van der Waals surface area contributed by atoms with E-state index in [2.05, 4.69) is 5.32 Å². The largest absolute Gasteiger partial charge is 0.478 e. The number of rotatable bonds is 3. The second-order valence-corrected chi connectivity index (χ2v) is 4.57. The van der Waals surface area contributed by atoms with Crippen LogP contribution in [0.4, 0.5) is 4.79 Å². The molecule has 1 saturated heterocycles. The average Bonchev–Trinajstić information content (AvgIpc) is 2.61. The quantitative estimate of drug-likeness (QED) is 0.760. The molecule has 0 aromatic carbocycles. The minimum atomic E-state index is -1.22. The molecule has 106 valence electrons. The van der Waals surface area contributed by atoms with Crippen molar-refractivity contribution in [3.05, 3.63) is 12.2 Å². The Bertz CT molecular complexity index is 379. The average molecular weight is 268 g/mol. The Morgan fingerprint density at radius 2 is 2.00 bits per heavy atom. The zero-order chi connectivity index (χ0) is 14.3. The molecule has 3 amide bonds.